The van der Waals surface area contributed by atoms with Gasteiger partial charge in [-0.25, -0.2) is 0 Å². The average molecular weight is 192 g/mol. The van der Waals surface area contributed by atoms with Gasteiger partial charge in [-0.1, -0.05) is 0 Å². The number of ketones is 1. The van der Waals surface area contributed by atoms with E-state index in [1.54, 1.807) is 0 Å². The molecule has 6 heavy (non-hydrogen) atoms. The number of Topliss-reactive ketones (excluding diaryl/α,β-unsaturated/α-hetero) is 1. The molecule has 0 rings (SSSR count). The van der Waals surface area contributed by atoms with Gasteiger partial charge in [0.15, 0.2) is 0 Å². The predicted octanol–water partition coefficient (Wildman–Crippen LogP) is 0.120. The minimum Gasteiger partial charge on any atom is -0.785 e. The fourth-order valence-electron chi connectivity index (χ4n) is 0. The zero-order valence-corrected chi connectivity index (χ0v) is 5.81. The van der Waals surface area contributed by atoms with Crippen molar-refractivity contribution in [2.75, 3.05) is 5.75 Å². The van der Waals surface area contributed by atoms with Crippen molar-refractivity contribution in [3.05, 3.63) is 0 Å². The van der Waals surface area contributed by atoms with Crippen molar-refractivity contribution in [2.24, 2.45) is 0 Å². The van der Waals surface area contributed by atoms with Crippen LogP contribution < -0.4 is 0 Å². The third-order valence-electron chi connectivity index (χ3n) is 0.203. The molecule has 37 valence electrons. The van der Waals surface area contributed by atoms with Crippen LogP contribution in [0.5, 0.6) is 0 Å². The molecule has 0 bridgehead atoms. The molecule has 1 radical (unpaired) electrons. The maximum absolute atomic E-state index is 9.71. The summed E-state index contributed by atoms with van der Waals surface area (Å²) in [7, 11) is 0. The van der Waals surface area contributed by atoms with Crippen molar-refractivity contribution in [1.82, 2.24) is 0 Å². The van der Waals surface area contributed by atoms with Crippen LogP contribution in [0.2, 0.25) is 0 Å². The number of hydrogen-bond acceptors (Lipinski definition) is 2. The fourth-order valence-corrected chi connectivity index (χ4v) is 0. The molecule has 0 unspecified atom stereocenters. The second-order valence-corrected chi connectivity index (χ2v) is 1.14. The van der Waals surface area contributed by atoms with E-state index in [2.05, 4.69) is 12.6 Å². The Labute approximate surface area is 55.7 Å². The summed E-state index contributed by atoms with van der Waals surface area (Å²) >= 11 is 4.33. The normalized spacial score (nSPS) is 6.33. The van der Waals surface area contributed by atoms with Gasteiger partial charge in [0.1, 0.15) is 5.78 Å². The average Bonchev–Trinajstić information content (AvgIpc) is 1.38. The summed E-state index contributed by atoms with van der Waals surface area (Å²) in [6.07, 6.45) is 0. The van der Waals surface area contributed by atoms with Gasteiger partial charge in [-0.15, -0.1) is 5.75 Å². The molecule has 0 N–H and O–H groups in total. The first-order valence-electron chi connectivity index (χ1n) is 1.35. The summed E-state index contributed by atoms with van der Waals surface area (Å²) in [6, 6.07) is 0. The zero-order valence-electron chi connectivity index (χ0n) is 3.36. The van der Waals surface area contributed by atoms with Gasteiger partial charge in [0.05, 0.1) is 0 Å². The van der Waals surface area contributed by atoms with Crippen LogP contribution in [-0.2, 0) is 36.9 Å². The predicted molar refractivity (Wildman–Crippen MR) is 22.9 cm³/mol. The first-order valence-corrected chi connectivity index (χ1v) is 1.92. The van der Waals surface area contributed by atoms with Gasteiger partial charge in [0.25, 0.3) is 0 Å². The van der Waals surface area contributed by atoms with E-state index >= 15 is 0 Å². The molecule has 1 nitrogen and oxygen atoms in total. The van der Waals surface area contributed by atoms with E-state index in [1.807, 2.05) is 0 Å². The van der Waals surface area contributed by atoms with Crippen molar-refractivity contribution in [3.8, 4) is 0 Å². The van der Waals surface area contributed by atoms with Gasteiger partial charge >= 0.3 is 19.5 Å². The Morgan fingerprint density at radius 2 is 2.00 bits per heavy atom. The molecule has 0 fully saturated rings. The van der Waals surface area contributed by atoms with E-state index in [0.717, 1.165) is 0 Å². The zero-order chi connectivity index (χ0) is 4.28. The van der Waals surface area contributed by atoms with Gasteiger partial charge < -0.3 is 17.4 Å². The van der Waals surface area contributed by atoms with Crippen LogP contribution in [-0.4, -0.2) is 11.5 Å². The van der Waals surface area contributed by atoms with Crippen LogP contribution in [0.25, 0.3) is 0 Å². The topological polar surface area (TPSA) is 17.1 Å². The Balaban J connectivity index is 0. The Bertz CT molecular complexity index is 46.1. The summed E-state index contributed by atoms with van der Waals surface area (Å²) in [5.74, 6) is 0.319. The monoisotopic (exact) mass is 192 g/mol. The second-order valence-electron chi connectivity index (χ2n) is 0.846. The van der Waals surface area contributed by atoms with E-state index in [1.165, 1.54) is 6.92 Å². The van der Waals surface area contributed by atoms with Crippen LogP contribution in [0.3, 0.4) is 0 Å². The molecule has 0 aromatic heterocycles. The molecular formula is C3H5ORhS+. The van der Waals surface area contributed by atoms with Crippen LogP contribution in [0, 0.1) is 0 Å². The SMILES string of the molecule is CC(=O)C[S-].[Rh+2]. The molecule has 0 aliphatic heterocycles. The molecule has 0 atom stereocenters. The van der Waals surface area contributed by atoms with Crippen molar-refractivity contribution < 1.29 is 24.3 Å². The van der Waals surface area contributed by atoms with Crippen molar-refractivity contribution in [1.29, 1.82) is 0 Å². The van der Waals surface area contributed by atoms with Crippen LogP contribution >= 0.6 is 0 Å². The summed E-state index contributed by atoms with van der Waals surface area (Å²) in [5, 5.41) is 0. The van der Waals surface area contributed by atoms with E-state index < -0.39 is 0 Å². The molecular weight excluding hydrogens is 187 g/mol. The number of carbonyl (C=O) groups excluding carboxylic acids is 1. The third kappa shape index (κ3) is 8.82. The molecule has 0 saturated carbocycles. The maximum Gasteiger partial charge on any atom is 2.00 e. The van der Waals surface area contributed by atoms with Gasteiger partial charge in [0.2, 0.25) is 0 Å². The fraction of sp³-hybridized carbons (Fsp3) is 0.667. The summed E-state index contributed by atoms with van der Waals surface area (Å²) in [6.45, 7) is 1.48. The number of rotatable bonds is 1. The van der Waals surface area contributed by atoms with Crippen LogP contribution in [0.4, 0.5) is 0 Å². The first kappa shape index (κ1) is 9.81. The Kier molecular flexibility index (Phi) is 9.23. The summed E-state index contributed by atoms with van der Waals surface area (Å²) in [4.78, 5) is 9.71. The molecule has 3 heteroatoms. The van der Waals surface area contributed by atoms with Crippen LogP contribution in [0.15, 0.2) is 0 Å². The van der Waals surface area contributed by atoms with Gasteiger partial charge in [-0.2, -0.15) is 0 Å². The first-order chi connectivity index (χ1) is 2.27. The second kappa shape index (κ2) is 5.64. The van der Waals surface area contributed by atoms with Gasteiger partial charge in [0, 0.05) is 0 Å². The van der Waals surface area contributed by atoms with Gasteiger partial charge in [-0.3, -0.25) is 0 Å². The van der Waals surface area contributed by atoms with E-state index in [0.29, 0.717) is 0 Å². The smallest absolute Gasteiger partial charge is 0.785 e. The quantitative estimate of drug-likeness (QED) is 0.433. The maximum atomic E-state index is 9.71. The molecule has 0 aromatic rings. The summed E-state index contributed by atoms with van der Waals surface area (Å²) in [5.41, 5.74) is 0. The molecule has 0 heterocycles. The Morgan fingerprint density at radius 1 is 1.83 bits per heavy atom. The standard InChI is InChI=1S/C3H6OS.Rh/c1-3(4)2-5;/h5H,2H2,1H3;/q;+2/p-1. The van der Waals surface area contributed by atoms with E-state index in [4.69, 9.17) is 0 Å². The van der Waals surface area contributed by atoms with Crippen molar-refractivity contribution in [3.63, 3.8) is 0 Å². The van der Waals surface area contributed by atoms with Crippen molar-refractivity contribution >= 4 is 18.4 Å². The van der Waals surface area contributed by atoms with Gasteiger partial charge in [-0.05, 0) is 6.92 Å². The minimum absolute atomic E-state index is 0. The third-order valence-corrected chi connectivity index (χ3v) is 0.610. The Hall–Kier alpha value is 0.643. The van der Waals surface area contributed by atoms with E-state index in [9.17, 15) is 4.79 Å². The molecule has 0 amide bonds. The Morgan fingerprint density at radius 3 is 2.00 bits per heavy atom. The number of carbonyl (C=O) groups is 1. The van der Waals surface area contributed by atoms with Crippen LogP contribution in [0.1, 0.15) is 6.92 Å². The molecule has 0 aliphatic rings. The molecule has 0 aliphatic carbocycles. The minimum atomic E-state index is 0. The number of hydrogen-bond donors (Lipinski definition) is 0. The largest absolute Gasteiger partial charge is 2.00 e. The van der Waals surface area contributed by atoms with E-state index in [-0.39, 0.29) is 31.0 Å². The molecule has 0 spiro atoms. The van der Waals surface area contributed by atoms with Crippen molar-refractivity contribution in [2.45, 2.75) is 6.92 Å². The molecule has 0 saturated heterocycles. The molecule has 0 aromatic carbocycles. The summed E-state index contributed by atoms with van der Waals surface area (Å²) < 4.78 is 0.